The summed E-state index contributed by atoms with van der Waals surface area (Å²) in [4.78, 5) is 6.90. The molecule has 0 saturated heterocycles. The van der Waals surface area contributed by atoms with Crippen LogP contribution in [0, 0.1) is 0 Å². The molecular formula is C13H19N3S. The molecule has 2 rings (SSSR count). The summed E-state index contributed by atoms with van der Waals surface area (Å²) in [5.41, 5.74) is 2.37. The maximum atomic E-state index is 4.54. The first-order valence-corrected chi connectivity index (χ1v) is 6.99. The van der Waals surface area contributed by atoms with Crippen molar-refractivity contribution in [2.24, 2.45) is 0 Å². The van der Waals surface area contributed by atoms with Crippen LogP contribution in [0.2, 0.25) is 0 Å². The summed E-state index contributed by atoms with van der Waals surface area (Å²) in [5.74, 6) is 0. The Morgan fingerprint density at radius 3 is 2.65 bits per heavy atom. The molecular weight excluding hydrogens is 230 g/mol. The average Bonchev–Trinajstić information content (AvgIpc) is 2.73. The number of hydrogen-bond donors (Lipinski definition) is 1. The second-order valence-electron chi connectivity index (χ2n) is 3.87. The van der Waals surface area contributed by atoms with Gasteiger partial charge in [-0.3, -0.25) is 0 Å². The van der Waals surface area contributed by atoms with Crippen LogP contribution in [-0.2, 0) is 0 Å². The lowest BCUT2D eigenvalue weighted by atomic mass is 10.2. The highest BCUT2D eigenvalue weighted by molar-refractivity contribution is 7.22. The number of fused-ring (bicyclic) bond motifs is 1. The third-order valence-electron chi connectivity index (χ3n) is 2.83. The molecule has 0 atom stereocenters. The van der Waals surface area contributed by atoms with Crippen molar-refractivity contribution >= 4 is 32.4 Å². The first kappa shape index (κ1) is 12.2. The first-order valence-electron chi connectivity index (χ1n) is 6.17. The molecule has 0 saturated carbocycles. The zero-order valence-electron chi connectivity index (χ0n) is 10.7. The van der Waals surface area contributed by atoms with Crippen molar-refractivity contribution in [2.45, 2.75) is 20.8 Å². The van der Waals surface area contributed by atoms with Crippen LogP contribution in [0.1, 0.15) is 20.8 Å². The Labute approximate surface area is 106 Å². The van der Waals surface area contributed by atoms with Gasteiger partial charge in [-0.1, -0.05) is 11.3 Å². The number of nitrogens with one attached hydrogen (secondary N) is 1. The van der Waals surface area contributed by atoms with Crippen LogP contribution in [-0.4, -0.2) is 24.6 Å². The van der Waals surface area contributed by atoms with Crippen molar-refractivity contribution < 1.29 is 0 Å². The highest BCUT2D eigenvalue weighted by atomic mass is 32.1. The molecule has 3 nitrogen and oxygen atoms in total. The molecule has 0 aliphatic heterocycles. The van der Waals surface area contributed by atoms with Gasteiger partial charge in [-0.05, 0) is 39.0 Å². The van der Waals surface area contributed by atoms with E-state index in [0.717, 1.165) is 30.3 Å². The quantitative estimate of drug-likeness (QED) is 0.878. The van der Waals surface area contributed by atoms with E-state index in [9.17, 15) is 0 Å². The van der Waals surface area contributed by atoms with E-state index in [1.807, 2.05) is 0 Å². The normalized spacial score (nSPS) is 10.8. The highest BCUT2D eigenvalue weighted by Crippen LogP contribution is 2.29. The molecule has 0 bridgehead atoms. The van der Waals surface area contributed by atoms with Crippen molar-refractivity contribution in [1.29, 1.82) is 0 Å². The number of aromatic nitrogens is 1. The molecule has 0 spiro atoms. The second-order valence-corrected chi connectivity index (χ2v) is 4.90. The second kappa shape index (κ2) is 5.36. The van der Waals surface area contributed by atoms with E-state index < -0.39 is 0 Å². The van der Waals surface area contributed by atoms with Gasteiger partial charge >= 0.3 is 0 Å². The first-order chi connectivity index (χ1) is 8.28. The van der Waals surface area contributed by atoms with E-state index in [1.165, 1.54) is 10.4 Å². The van der Waals surface area contributed by atoms with Gasteiger partial charge in [0, 0.05) is 25.3 Å². The van der Waals surface area contributed by atoms with Crippen molar-refractivity contribution in [3.8, 4) is 0 Å². The summed E-state index contributed by atoms with van der Waals surface area (Å²) in [6, 6.07) is 6.51. The Morgan fingerprint density at radius 2 is 2.00 bits per heavy atom. The van der Waals surface area contributed by atoms with Crippen LogP contribution < -0.4 is 10.2 Å². The third-order valence-corrected chi connectivity index (χ3v) is 3.80. The van der Waals surface area contributed by atoms with E-state index in [1.54, 1.807) is 11.3 Å². The average molecular weight is 249 g/mol. The molecule has 92 valence electrons. The SMILES string of the molecule is CCNc1nc2ccc(N(CC)CC)cc2s1. The fourth-order valence-electron chi connectivity index (χ4n) is 1.93. The number of nitrogens with zero attached hydrogens (tertiary/aromatic N) is 2. The lowest BCUT2D eigenvalue weighted by Crippen LogP contribution is -2.21. The number of hydrogen-bond acceptors (Lipinski definition) is 4. The van der Waals surface area contributed by atoms with Crippen molar-refractivity contribution in [3.63, 3.8) is 0 Å². The van der Waals surface area contributed by atoms with Crippen LogP contribution in [0.3, 0.4) is 0 Å². The van der Waals surface area contributed by atoms with Crippen LogP contribution in [0.25, 0.3) is 10.2 Å². The fourth-order valence-corrected chi connectivity index (χ4v) is 2.89. The molecule has 1 heterocycles. The van der Waals surface area contributed by atoms with Gasteiger partial charge in [0.15, 0.2) is 5.13 Å². The summed E-state index contributed by atoms with van der Waals surface area (Å²) in [6.07, 6.45) is 0. The van der Waals surface area contributed by atoms with Gasteiger partial charge in [0.25, 0.3) is 0 Å². The zero-order chi connectivity index (χ0) is 12.3. The van der Waals surface area contributed by atoms with Crippen molar-refractivity contribution in [1.82, 2.24) is 4.98 Å². The predicted octanol–water partition coefficient (Wildman–Crippen LogP) is 3.57. The molecule has 0 fully saturated rings. The Morgan fingerprint density at radius 1 is 1.24 bits per heavy atom. The summed E-state index contributed by atoms with van der Waals surface area (Å²) in [6.45, 7) is 9.47. The summed E-state index contributed by atoms with van der Waals surface area (Å²) >= 11 is 1.73. The standard InChI is InChI=1S/C13H19N3S/c1-4-14-13-15-11-8-7-10(9-12(11)17-13)16(5-2)6-3/h7-9H,4-6H2,1-3H3,(H,14,15). The molecule has 1 aromatic carbocycles. The van der Waals surface area contributed by atoms with Crippen molar-refractivity contribution in [3.05, 3.63) is 18.2 Å². The van der Waals surface area contributed by atoms with Gasteiger partial charge in [-0.2, -0.15) is 0 Å². The molecule has 0 aliphatic rings. The Balaban J connectivity index is 2.35. The van der Waals surface area contributed by atoms with E-state index in [-0.39, 0.29) is 0 Å². The minimum atomic E-state index is 0.919. The van der Waals surface area contributed by atoms with Crippen LogP contribution in [0.4, 0.5) is 10.8 Å². The van der Waals surface area contributed by atoms with Gasteiger partial charge in [0.1, 0.15) is 0 Å². The molecule has 0 radical (unpaired) electrons. The molecule has 17 heavy (non-hydrogen) atoms. The topological polar surface area (TPSA) is 28.2 Å². The van der Waals surface area contributed by atoms with Gasteiger partial charge < -0.3 is 10.2 Å². The van der Waals surface area contributed by atoms with Crippen molar-refractivity contribution in [2.75, 3.05) is 29.9 Å². The Bertz CT molecular complexity index is 488. The molecule has 0 aliphatic carbocycles. The minimum Gasteiger partial charge on any atom is -0.372 e. The molecule has 1 N–H and O–H groups in total. The van der Waals surface area contributed by atoms with E-state index in [0.29, 0.717) is 0 Å². The summed E-state index contributed by atoms with van der Waals surface area (Å²) in [5, 5.41) is 4.28. The number of benzene rings is 1. The predicted molar refractivity (Wildman–Crippen MR) is 77.3 cm³/mol. The lowest BCUT2D eigenvalue weighted by molar-refractivity contribution is 0.867. The van der Waals surface area contributed by atoms with Gasteiger partial charge in [-0.25, -0.2) is 4.98 Å². The monoisotopic (exact) mass is 249 g/mol. The van der Waals surface area contributed by atoms with Gasteiger partial charge in [0.05, 0.1) is 10.2 Å². The number of thiazole rings is 1. The van der Waals surface area contributed by atoms with Crippen LogP contribution >= 0.6 is 11.3 Å². The highest BCUT2D eigenvalue weighted by Gasteiger charge is 2.06. The Hall–Kier alpha value is -1.29. The van der Waals surface area contributed by atoms with E-state index in [4.69, 9.17) is 0 Å². The third kappa shape index (κ3) is 2.52. The lowest BCUT2D eigenvalue weighted by Gasteiger charge is -2.20. The fraction of sp³-hybridized carbons (Fsp3) is 0.462. The molecule has 0 unspecified atom stereocenters. The number of rotatable bonds is 5. The van der Waals surface area contributed by atoms with Gasteiger partial charge in [-0.15, -0.1) is 0 Å². The minimum absolute atomic E-state index is 0.919. The smallest absolute Gasteiger partial charge is 0.183 e. The molecule has 0 amide bonds. The molecule has 1 aromatic heterocycles. The molecule has 2 aromatic rings. The maximum absolute atomic E-state index is 4.54. The van der Waals surface area contributed by atoms with Crippen LogP contribution in [0.15, 0.2) is 18.2 Å². The summed E-state index contributed by atoms with van der Waals surface area (Å²) < 4.78 is 1.25. The maximum Gasteiger partial charge on any atom is 0.183 e. The van der Waals surface area contributed by atoms with Gasteiger partial charge in [0.2, 0.25) is 0 Å². The number of anilines is 2. The van der Waals surface area contributed by atoms with E-state index >= 15 is 0 Å². The zero-order valence-corrected chi connectivity index (χ0v) is 11.5. The van der Waals surface area contributed by atoms with E-state index in [2.05, 4.69) is 54.2 Å². The Kier molecular flexibility index (Phi) is 3.84. The summed E-state index contributed by atoms with van der Waals surface area (Å²) in [7, 11) is 0. The largest absolute Gasteiger partial charge is 0.372 e. The molecule has 4 heteroatoms. The van der Waals surface area contributed by atoms with Crippen LogP contribution in [0.5, 0.6) is 0 Å².